The molecule has 0 saturated heterocycles. The van der Waals surface area contributed by atoms with Crippen molar-refractivity contribution in [2.75, 3.05) is 5.32 Å². The van der Waals surface area contributed by atoms with Gasteiger partial charge in [-0.05, 0) is 36.6 Å². The molecule has 0 fully saturated rings. The molecule has 0 aliphatic heterocycles. The van der Waals surface area contributed by atoms with E-state index in [1.165, 1.54) is 6.20 Å². The number of anilines is 1. The molecule has 0 saturated carbocycles. The van der Waals surface area contributed by atoms with Gasteiger partial charge in [0.05, 0.1) is 11.9 Å². The van der Waals surface area contributed by atoms with E-state index < -0.39 is 11.9 Å². The number of halogens is 1. The lowest BCUT2D eigenvalue weighted by Gasteiger charge is -2.19. The smallest absolute Gasteiger partial charge is 0.272 e. The zero-order chi connectivity index (χ0) is 20.1. The minimum absolute atomic E-state index is 0.210. The van der Waals surface area contributed by atoms with Crippen LogP contribution in [-0.2, 0) is 4.79 Å². The van der Waals surface area contributed by atoms with Crippen molar-refractivity contribution in [3.8, 4) is 5.69 Å². The largest absolute Gasteiger partial charge is 0.339 e. The Labute approximate surface area is 167 Å². The number of carbonyl (C=O) groups is 2. The molecular weight excluding hydrogens is 380 g/mol. The highest BCUT2D eigenvalue weighted by atomic mass is 35.5. The van der Waals surface area contributed by atoms with E-state index in [1.807, 2.05) is 19.9 Å². The zero-order valence-electron chi connectivity index (χ0n) is 15.5. The summed E-state index contributed by atoms with van der Waals surface area (Å²) in [5.74, 6) is -0.0631. The molecule has 2 heterocycles. The number of hydrogen-bond donors (Lipinski definition) is 3. The summed E-state index contributed by atoms with van der Waals surface area (Å²) in [6.07, 6.45) is 3.69. The first-order valence-corrected chi connectivity index (χ1v) is 9.23. The number of H-pyrrole nitrogens is 1. The highest BCUT2D eigenvalue weighted by molar-refractivity contribution is 6.30. The predicted molar refractivity (Wildman–Crippen MR) is 107 cm³/mol. The fourth-order valence-corrected chi connectivity index (χ4v) is 2.87. The lowest BCUT2D eigenvalue weighted by Crippen LogP contribution is -2.44. The molecule has 3 N–H and O–H groups in total. The van der Waals surface area contributed by atoms with E-state index in [2.05, 4.69) is 25.9 Å². The number of benzene rings is 1. The monoisotopic (exact) mass is 400 g/mol. The van der Waals surface area contributed by atoms with Crippen LogP contribution >= 0.6 is 11.6 Å². The second kappa shape index (κ2) is 8.71. The highest BCUT2D eigenvalue weighted by Crippen LogP contribution is 2.15. The number of aromatic nitrogens is 4. The summed E-state index contributed by atoms with van der Waals surface area (Å²) in [7, 11) is 0. The van der Waals surface area contributed by atoms with Gasteiger partial charge in [-0.15, -0.1) is 0 Å². The molecule has 0 radical (unpaired) electrons. The summed E-state index contributed by atoms with van der Waals surface area (Å²) < 4.78 is 1.56. The van der Waals surface area contributed by atoms with Crippen LogP contribution in [0.1, 0.15) is 30.8 Å². The van der Waals surface area contributed by atoms with Gasteiger partial charge in [0.1, 0.15) is 11.9 Å². The van der Waals surface area contributed by atoms with Gasteiger partial charge in [0.2, 0.25) is 5.91 Å². The third kappa shape index (κ3) is 4.98. The Bertz CT molecular complexity index is 951. The molecule has 1 aromatic carbocycles. The summed E-state index contributed by atoms with van der Waals surface area (Å²) in [6.45, 7) is 3.97. The van der Waals surface area contributed by atoms with Gasteiger partial charge in [0, 0.05) is 17.3 Å². The number of nitrogens with zero attached hydrogens (tertiary/aromatic N) is 3. The van der Waals surface area contributed by atoms with E-state index in [1.54, 1.807) is 41.2 Å². The summed E-state index contributed by atoms with van der Waals surface area (Å²) in [4.78, 5) is 25.2. The van der Waals surface area contributed by atoms with Crippen LogP contribution in [0.25, 0.3) is 5.69 Å². The Morgan fingerprint density at radius 1 is 1.25 bits per heavy atom. The van der Waals surface area contributed by atoms with Crippen LogP contribution in [0.2, 0.25) is 5.02 Å². The van der Waals surface area contributed by atoms with E-state index in [0.29, 0.717) is 17.3 Å². The lowest BCUT2D eigenvalue weighted by molar-refractivity contribution is -0.118. The van der Waals surface area contributed by atoms with Gasteiger partial charge in [-0.3, -0.25) is 14.7 Å². The second-order valence-corrected chi connectivity index (χ2v) is 7.18. The standard InChI is InChI=1S/C19H21ClN6O2/c1-12(2)10-16(19(28)23-17-6-8-21-24-17)22-18(27)15-7-9-26(25-15)14-5-3-4-13(20)11-14/h3-9,11-12,16H,10H2,1-2H3,(H,22,27)(H2,21,23,24,28). The minimum Gasteiger partial charge on any atom is -0.339 e. The first kappa shape index (κ1) is 19.6. The van der Waals surface area contributed by atoms with E-state index in [-0.39, 0.29) is 17.5 Å². The number of aromatic amines is 1. The quantitative estimate of drug-likeness (QED) is 0.566. The van der Waals surface area contributed by atoms with Crippen molar-refractivity contribution < 1.29 is 9.59 Å². The zero-order valence-corrected chi connectivity index (χ0v) is 16.3. The maximum absolute atomic E-state index is 12.6. The third-order valence-corrected chi connectivity index (χ3v) is 4.22. The van der Waals surface area contributed by atoms with Crippen molar-refractivity contribution in [2.24, 2.45) is 5.92 Å². The van der Waals surface area contributed by atoms with Crippen LogP contribution in [0.3, 0.4) is 0 Å². The molecule has 3 aromatic rings. The van der Waals surface area contributed by atoms with E-state index in [9.17, 15) is 9.59 Å². The van der Waals surface area contributed by atoms with E-state index >= 15 is 0 Å². The number of rotatable bonds is 7. The van der Waals surface area contributed by atoms with Gasteiger partial charge in [0.25, 0.3) is 5.91 Å². The molecule has 2 amide bonds. The first-order valence-electron chi connectivity index (χ1n) is 8.85. The van der Waals surface area contributed by atoms with Gasteiger partial charge in [-0.25, -0.2) is 4.68 Å². The minimum atomic E-state index is -0.702. The van der Waals surface area contributed by atoms with Crippen LogP contribution < -0.4 is 10.6 Å². The molecule has 0 aliphatic rings. The van der Waals surface area contributed by atoms with Crippen molar-refractivity contribution in [1.82, 2.24) is 25.3 Å². The molecule has 9 heteroatoms. The van der Waals surface area contributed by atoms with E-state index in [0.717, 1.165) is 5.69 Å². The van der Waals surface area contributed by atoms with Gasteiger partial charge >= 0.3 is 0 Å². The van der Waals surface area contributed by atoms with Crippen LogP contribution in [0.5, 0.6) is 0 Å². The molecule has 146 valence electrons. The molecule has 3 rings (SSSR count). The number of carbonyl (C=O) groups excluding carboxylic acids is 2. The third-order valence-electron chi connectivity index (χ3n) is 3.98. The number of hydrogen-bond acceptors (Lipinski definition) is 4. The molecule has 0 spiro atoms. The van der Waals surface area contributed by atoms with E-state index in [4.69, 9.17) is 11.6 Å². The Hall–Kier alpha value is -3.13. The summed E-state index contributed by atoms with van der Waals surface area (Å²) >= 11 is 6.00. The Balaban J connectivity index is 1.72. The SMILES string of the molecule is CC(C)CC(NC(=O)c1ccn(-c2cccc(Cl)c2)n1)C(=O)Nc1ccn[nH]1. The van der Waals surface area contributed by atoms with Gasteiger partial charge in [-0.2, -0.15) is 10.2 Å². The molecular formula is C19H21ClN6O2. The molecule has 2 aromatic heterocycles. The summed E-state index contributed by atoms with van der Waals surface area (Å²) in [6, 6.07) is 9.67. The van der Waals surface area contributed by atoms with Crippen molar-refractivity contribution in [1.29, 1.82) is 0 Å². The fourth-order valence-electron chi connectivity index (χ4n) is 2.69. The average molecular weight is 401 g/mol. The van der Waals surface area contributed by atoms with Crippen LogP contribution in [0, 0.1) is 5.92 Å². The summed E-state index contributed by atoms with van der Waals surface area (Å²) in [5, 5.41) is 16.8. The maximum Gasteiger partial charge on any atom is 0.272 e. The lowest BCUT2D eigenvalue weighted by atomic mass is 10.0. The first-order chi connectivity index (χ1) is 13.4. The van der Waals surface area contributed by atoms with Crippen molar-refractivity contribution in [3.05, 3.63) is 59.5 Å². The molecule has 0 bridgehead atoms. The summed E-state index contributed by atoms with van der Waals surface area (Å²) in [5.41, 5.74) is 0.949. The Morgan fingerprint density at radius 2 is 2.07 bits per heavy atom. The maximum atomic E-state index is 12.6. The molecule has 8 nitrogen and oxygen atoms in total. The van der Waals surface area contributed by atoms with Gasteiger partial charge < -0.3 is 10.6 Å². The van der Waals surface area contributed by atoms with Crippen molar-refractivity contribution >= 4 is 29.2 Å². The fraction of sp³-hybridized carbons (Fsp3) is 0.263. The second-order valence-electron chi connectivity index (χ2n) is 6.74. The van der Waals surface area contributed by atoms with Crippen molar-refractivity contribution in [2.45, 2.75) is 26.3 Å². The number of amides is 2. The predicted octanol–water partition coefficient (Wildman–Crippen LogP) is 3.03. The Kier molecular flexibility index (Phi) is 6.10. The highest BCUT2D eigenvalue weighted by Gasteiger charge is 2.24. The van der Waals surface area contributed by atoms with Gasteiger partial charge in [0.15, 0.2) is 5.69 Å². The molecule has 28 heavy (non-hydrogen) atoms. The molecule has 1 atom stereocenters. The van der Waals surface area contributed by atoms with Crippen LogP contribution in [0.15, 0.2) is 48.8 Å². The topological polar surface area (TPSA) is 105 Å². The average Bonchev–Trinajstić information content (AvgIpc) is 3.32. The van der Waals surface area contributed by atoms with Crippen molar-refractivity contribution in [3.63, 3.8) is 0 Å². The number of nitrogens with one attached hydrogen (secondary N) is 3. The van der Waals surface area contributed by atoms with Gasteiger partial charge in [-0.1, -0.05) is 31.5 Å². The van der Waals surface area contributed by atoms with Crippen LogP contribution in [-0.4, -0.2) is 37.8 Å². The molecule has 1 unspecified atom stereocenters. The normalized spacial score (nSPS) is 12.0. The Morgan fingerprint density at radius 3 is 2.75 bits per heavy atom. The van der Waals surface area contributed by atoms with Crippen LogP contribution in [0.4, 0.5) is 5.82 Å². The molecule has 0 aliphatic carbocycles.